The van der Waals surface area contributed by atoms with Crippen LogP contribution in [0.25, 0.3) is 11.6 Å². The quantitative estimate of drug-likeness (QED) is 0.713. The molecule has 1 N–H and O–H groups in total. The summed E-state index contributed by atoms with van der Waals surface area (Å²) < 4.78 is 4.98. The molecule has 0 saturated heterocycles. The zero-order valence-electron chi connectivity index (χ0n) is 6.90. The maximum absolute atomic E-state index is 4.98. The lowest BCUT2D eigenvalue weighted by Gasteiger charge is -1.82. The van der Waals surface area contributed by atoms with Gasteiger partial charge in [-0.15, -0.1) is 6.58 Å². The second-order valence-electron chi connectivity index (χ2n) is 2.48. The van der Waals surface area contributed by atoms with Crippen molar-refractivity contribution in [2.75, 3.05) is 0 Å². The first-order chi connectivity index (χ1) is 6.40. The second kappa shape index (κ2) is 3.22. The summed E-state index contributed by atoms with van der Waals surface area (Å²) in [6, 6.07) is 1.77. The largest absolute Gasteiger partial charge is 0.332 e. The normalized spacial score (nSPS) is 10.2. The fourth-order valence-corrected chi connectivity index (χ4v) is 0.950. The smallest absolute Gasteiger partial charge is 0.275 e. The van der Waals surface area contributed by atoms with Crippen molar-refractivity contribution in [3.05, 3.63) is 30.7 Å². The van der Waals surface area contributed by atoms with Gasteiger partial charge in [-0.25, -0.2) is 0 Å². The van der Waals surface area contributed by atoms with Gasteiger partial charge in [0.25, 0.3) is 5.89 Å². The molecule has 13 heavy (non-hydrogen) atoms. The van der Waals surface area contributed by atoms with Crippen LogP contribution in [0.2, 0.25) is 0 Å². The van der Waals surface area contributed by atoms with Gasteiger partial charge in [0.15, 0.2) is 5.82 Å². The van der Waals surface area contributed by atoms with E-state index < -0.39 is 0 Å². The number of hydrogen-bond acceptors (Lipinski definition) is 4. The van der Waals surface area contributed by atoms with Gasteiger partial charge in [-0.05, 0) is 6.07 Å². The fraction of sp³-hybridized carbons (Fsp3) is 0.125. The van der Waals surface area contributed by atoms with Gasteiger partial charge >= 0.3 is 0 Å². The summed E-state index contributed by atoms with van der Waals surface area (Å²) in [5.74, 6) is 1.08. The number of allylic oxidation sites excluding steroid dienone is 1. The monoisotopic (exact) mass is 176 g/mol. The minimum absolute atomic E-state index is 0.453. The van der Waals surface area contributed by atoms with E-state index >= 15 is 0 Å². The highest BCUT2D eigenvalue weighted by Gasteiger charge is 2.07. The molecule has 0 spiro atoms. The minimum Gasteiger partial charge on any atom is -0.332 e. The van der Waals surface area contributed by atoms with E-state index in [4.69, 9.17) is 4.52 Å². The molecule has 0 aromatic carbocycles. The number of nitrogens with zero attached hydrogens (tertiary/aromatic N) is 3. The van der Waals surface area contributed by atoms with Crippen LogP contribution in [0.5, 0.6) is 0 Å². The Hall–Kier alpha value is -1.91. The summed E-state index contributed by atoms with van der Waals surface area (Å²) in [7, 11) is 0. The molecule has 2 heterocycles. The van der Waals surface area contributed by atoms with Gasteiger partial charge in [0.2, 0.25) is 0 Å². The molecule has 66 valence electrons. The van der Waals surface area contributed by atoms with Gasteiger partial charge in [-0.1, -0.05) is 11.2 Å². The molecule has 5 nitrogen and oxygen atoms in total. The molecule has 0 radical (unpaired) electrons. The van der Waals surface area contributed by atoms with Gasteiger partial charge in [-0.3, -0.25) is 5.10 Å². The predicted molar refractivity (Wildman–Crippen MR) is 45.8 cm³/mol. The molecule has 2 aromatic rings. The van der Waals surface area contributed by atoms with Crippen molar-refractivity contribution in [3.8, 4) is 11.6 Å². The Bertz CT molecular complexity index is 390. The summed E-state index contributed by atoms with van der Waals surface area (Å²) in [6.07, 6.45) is 3.96. The molecule has 0 fully saturated rings. The third kappa shape index (κ3) is 1.48. The molecular weight excluding hydrogens is 168 g/mol. The maximum atomic E-state index is 4.98. The van der Waals surface area contributed by atoms with Gasteiger partial charge in [-0.2, -0.15) is 10.1 Å². The standard InChI is InChI=1S/C8H8N4O/c1-2-3-7-10-8(13-12-7)6-4-5-9-11-6/h2,4-5H,1,3H2,(H,9,11). The van der Waals surface area contributed by atoms with Crippen molar-refractivity contribution in [2.45, 2.75) is 6.42 Å². The van der Waals surface area contributed by atoms with E-state index in [0.717, 1.165) is 5.69 Å². The molecule has 0 atom stereocenters. The third-order valence-corrected chi connectivity index (χ3v) is 1.53. The van der Waals surface area contributed by atoms with E-state index in [1.807, 2.05) is 0 Å². The Labute approximate surface area is 74.5 Å². The molecule has 0 saturated carbocycles. The molecule has 0 aliphatic carbocycles. The van der Waals surface area contributed by atoms with Gasteiger partial charge < -0.3 is 4.52 Å². The van der Waals surface area contributed by atoms with Crippen LogP contribution in [-0.4, -0.2) is 20.3 Å². The van der Waals surface area contributed by atoms with E-state index in [2.05, 4.69) is 26.9 Å². The van der Waals surface area contributed by atoms with E-state index in [0.29, 0.717) is 18.1 Å². The highest BCUT2D eigenvalue weighted by Crippen LogP contribution is 2.12. The van der Waals surface area contributed by atoms with Crippen LogP contribution >= 0.6 is 0 Å². The minimum atomic E-state index is 0.453. The van der Waals surface area contributed by atoms with E-state index in [-0.39, 0.29) is 0 Å². The van der Waals surface area contributed by atoms with Crippen molar-refractivity contribution in [3.63, 3.8) is 0 Å². The van der Waals surface area contributed by atoms with E-state index in [1.54, 1.807) is 18.3 Å². The van der Waals surface area contributed by atoms with Crippen molar-refractivity contribution in [1.82, 2.24) is 20.3 Å². The summed E-state index contributed by atoms with van der Waals surface area (Å²) in [4.78, 5) is 4.12. The van der Waals surface area contributed by atoms with Crippen LogP contribution in [0.3, 0.4) is 0 Å². The molecule has 2 aromatic heterocycles. The Kier molecular flexibility index (Phi) is 1.91. The highest BCUT2D eigenvalue weighted by atomic mass is 16.5. The van der Waals surface area contributed by atoms with E-state index in [1.165, 1.54) is 0 Å². The Morgan fingerprint density at radius 1 is 1.62 bits per heavy atom. The summed E-state index contributed by atoms with van der Waals surface area (Å²) in [6.45, 7) is 3.59. The first kappa shape index (κ1) is 7.72. The number of hydrogen-bond donors (Lipinski definition) is 1. The zero-order chi connectivity index (χ0) is 9.10. The lowest BCUT2D eigenvalue weighted by Crippen LogP contribution is -1.83. The highest BCUT2D eigenvalue weighted by molar-refractivity contribution is 5.44. The number of aromatic nitrogens is 4. The van der Waals surface area contributed by atoms with Crippen molar-refractivity contribution in [1.29, 1.82) is 0 Å². The van der Waals surface area contributed by atoms with Gasteiger partial charge in [0.1, 0.15) is 5.69 Å². The van der Waals surface area contributed by atoms with Crippen LogP contribution in [0.15, 0.2) is 29.4 Å². The molecule has 0 aliphatic rings. The van der Waals surface area contributed by atoms with Crippen molar-refractivity contribution >= 4 is 0 Å². The Morgan fingerprint density at radius 2 is 2.54 bits per heavy atom. The maximum Gasteiger partial charge on any atom is 0.275 e. The lowest BCUT2D eigenvalue weighted by atomic mass is 10.4. The van der Waals surface area contributed by atoms with Crippen LogP contribution in [0, 0.1) is 0 Å². The molecule has 5 heteroatoms. The number of rotatable bonds is 3. The first-order valence-electron chi connectivity index (χ1n) is 3.83. The summed E-state index contributed by atoms with van der Waals surface area (Å²) in [5.41, 5.74) is 0.725. The first-order valence-corrected chi connectivity index (χ1v) is 3.83. The zero-order valence-corrected chi connectivity index (χ0v) is 6.90. The van der Waals surface area contributed by atoms with Crippen LogP contribution < -0.4 is 0 Å². The van der Waals surface area contributed by atoms with Gasteiger partial charge in [0.05, 0.1) is 0 Å². The van der Waals surface area contributed by atoms with Gasteiger partial charge in [0, 0.05) is 12.6 Å². The lowest BCUT2D eigenvalue weighted by molar-refractivity contribution is 0.423. The summed E-state index contributed by atoms with van der Waals surface area (Å²) >= 11 is 0. The number of H-pyrrole nitrogens is 1. The topological polar surface area (TPSA) is 67.6 Å². The van der Waals surface area contributed by atoms with E-state index in [9.17, 15) is 0 Å². The molecule has 0 unspecified atom stereocenters. The number of nitrogens with one attached hydrogen (secondary N) is 1. The summed E-state index contributed by atoms with van der Waals surface area (Å²) in [5, 5.41) is 10.3. The second-order valence-corrected chi connectivity index (χ2v) is 2.48. The third-order valence-electron chi connectivity index (χ3n) is 1.53. The average molecular weight is 176 g/mol. The average Bonchev–Trinajstić information content (AvgIpc) is 2.70. The fourth-order valence-electron chi connectivity index (χ4n) is 0.950. The van der Waals surface area contributed by atoms with Crippen LogP contribution in [0.1, 0.15) is 5.82 Å². The number of aromatic amines is 1. The molecule has 0 aliphatic heterocycles. The predicted octanol–water partition coefficient (Wildman–Crippen LogP) is 1.19. The molecule has 0 amide bonds. The molecule has 2 rings (SSSR count). The van der Waals surface area contributed by atoms with Crippen molar-refractivity contribution < 1.29 is 4.52 Å². The van der Waals surface area contributed by atoms with Crippen LogP contribution in [0.4, 0.5) is 0 Å². The SMILES string of the molecule is C=CCc1noc(-c2ccn[nH]2)n1. The van der Waals surface area contributed by atoms with Crippen molar-refractivity contribution in [2.24, 2.45) is 0 Å². The Balaban J connectivity index is 2.28. The molecule has 0 bridgehead atoms. The Morgan fingerprint density at radius 3 is 3.23 bits per heavy atom. The van der Waals surface area contributed by atoms with Crippen LogP contribution in [-0.2, 0) is 6.42 Å². The molecular formula is C8H8N4O.